The molecule has 162 valence electrons. The summed E-state index contributed by atoms with van der Waals surface area (Å²) < 4.78 is 25.9. The van der Waals surface area contributed by atoms with E-state index in [9.17, 15) is 14.0 Å². The Balaban J connectivity index is 1.60. The fraction of sp³-hybridized carbons (Fsp3) is 0.304. The molecule has 0 spiro atoms. The van der Waals surface area contributed by atoms with Crippen molar-refractivity contribution >= 4 is 28.5 Å². The first-order valence-electron chi connectivity index (χ1n) is 10.0. The lowest BCUT2D eigenvalue weighted by Gasteiger charge is -2.38. The number of fused-ring (bicyclic) bond motifs is 1. The molecule has 4 rings (SSSR count). The van der Waals surface area contributed by atoms with E-state index in [1.807, 2.05) is 11.8 Å². The molecule has 0 bridgehead atoms. The maximum Gasteiger partial charge on any atom is 0.287 e. The van der Waals surface area contributed by atoms with E-state index in [4.69, 9.17) is 20.8 Å². The second-order valence-electron chi connectivity index (χ2n) is 7.51. The molecule has 1 N–H and O–H groups in total. The van der Waals surface area contributed by atoms with Gasteiger partial charge in [-0.1, -0.05) is 29.8 Å². The Morgan fingerprint density at radius 2 is 2.10 bits per heavy atom. The third-order valence-electron chi connectivity index (χ3n) is 5.36. The molecule has 1 aliphatic heterocycles. The zero-order chi connectivity index (χ0) is 22.0. The molecule has 1 aromatic heterocycles. The van der Waals surface area contributed by atoms with Crippen LogP contribution >= 0.6 is 11.6 Å². The molecule has 0 aliphatic carbocycles. The van der Waals surface area contributed by atoms with Crippen LogP contribution in [0.15, 0.2) is 57.7 Å². The number of para-hydroxylation sites is 1. The van der Waals surface area contributed by atoms with Gasteiger partial charge in [-0.2, -0.15) is 0 Å². The number of morpholine rings is 1. The average Bonchev–Trinajstić information content (AvgIpc) is 2.75. The Hall–Kier alpha value is -2.74. The minimum Gasteiger partial charge on any atom is -0.451 e. The highest BCUT2D eigenvalue weighted by Crippen LogP contribution is 2.31. The zero-order valence-corrected chi connectivity index (χ0v) is 17.7. The molecule has 0 saturated carbocycles. The highest BCUT2D eigenvalue weighted by atomic mass is 35.5. The van der Waals surface area contributed by atoms with Crippen molar-refractivity contribution in [3.63, 3.8) is 0 Å². The quantitative estimate of drug-likeness (QED) is 0.648. The summed E-state index contributed by atoms with van der Waals surface area (Å²) >= 11 is 6.33. The van der Waals surface area contributed by atoms with Gasteiger partial charge in [-0.25, -0.2) is 4.39 Å². The highest BCUT2D eigenvalue weighted by molar-refractivity contribution is 6.31. The zero-order valence-electron chi connectivity index (χ0n) is 16.9. The van der Waals surface area contributed by atoms with E-state index in [-0.39, 0.29) is 28.9 Å². The molecule has 2 atom stereocenters. The van der Waals surface area contributed by atoms with Crippen LogP contribution in [0.4, 0.5) is 4.39 Å². The van der Waals surface area contributed by atoms with E-state index in [1.165, 1.54) is 12.1 Å². The van der Waals surface area contributed by atoms with Gasteiger partial charge in [0.05, 0.1) is 24.1 Å². The first-order valence-corrected chi connectivity index (χ1v) is 10.4. The van der Waals surface area contributed by atoms with Gasteiger partial charge >= 0.3 is 0 Å². The number of hydrogen-bond acceptors (Lipinski definition) is 5. The summed E-state index contributed by atoms with van der Waals surface area (Å²) in [4.78, 5) is 27.1. The van der Waals surface area contributed by atoms with Crippen molar-refractivity contribution in [3.05, 3.63) is 80.9 Å². The van der Waals surface area contributed by atoms with Crippen LogP contribution in [0.25, 0.3) is 11.0 Å². The molecule has 1 aliphatic rings. The first kappa shape index (κ1) is 21.5. The number of rotatable bonds is 5. The molecular formula is C23H22ClFN2O4. The van der Waals surface area contributed by atoms with E-state index in [0.29, 0.717) is 36.2 Å². The molecule has 1 saturated heterocycles. The second kappa shape index (κ2) is 9.18. The maximum atomic E-state index is 14.7. The van der Waals surface area contributed by atoms with Gasteiger partial charge in [-0.15, -0.1) is 0 Å². The minimum absolute atomic E-state index is 0.0315. The van der Waals surface area contributed by atoms with Crippen LogP contribution in [-0.2, 0) is 4.74 Å². The summed E-state index contributed by atoms with van der Waals surface area (Å²) in [5, 5.41) is 3.46. The normalized spacial score (nSPS) is 18.1. The van der Waals surface area contributed by atoms with Crippen molar-refractivity contribution in [1.82, 2.24) is 10.2 Å². The van der Waals surface area contributed by atoms with Crippen molar-refractivity contribution in [2.24, 2.45) is 0 Å². The largest absolute Gasteiger partial charge is 0.451 e. The fourth-order valence-electron chi connectivity index (χ4n) is 3.86. The lowest BCUT2D eigenvalue weighted by atomic mass is 10.0. The Morgan fingerprint density at radius 3 is 2.87 bits per heavy atom. The number of nitrogens with one attached hydrogen (secondary N) is 1. The molecule has 1 amide bonds. The molecule has 31 heavy (non-hydrogen) atoms. The molecular weight excluding hydrogens is 423 g/mol. The van der Waals surface area contributed by atoms with Crippen molar-refractivity contribution in [2.45, 2.75) is 19.1 Å². The molecule has 6 nitrogen and oxygen atoms in total. The van der Waals surface area contributed by atoms with Gasteiger partial charge in [0.25, 0.3) is 5.91 Å². The number of benzene rings is 2. The van der Waals surface area contributed by atoms with Crippen molar-refractivity contribution in [1.29, 1.82) is 0 Å². The smallest absolute Gasteiger partial charge is 0.287 e. The van der Waals surface area contributed by atoms with Crippen LogP contribution in [-0.4, -0.2) is 43.2 Å². The number of nitrogens with zero attached hydrogens (tertiary/aromatic N) is 1. The summed E-state index contributed by atoms with van der Waals surface area (Å²) in [6.07, 6.45) is -0.0315. The van der Waals surface area contributed by atoms with Crippen molar-refractivity contribution < 1.29 is 18.3 Å². The van der Waals surface area contributed by atoms with E-state index >= 15 is 0 Å². The minimum atomic E-state index is -0.554. The van der Waals surface area contributed by atoms with Gasteiger partial charge in [-0.3, -0.25) is 14.5 Å². The molecule has 3 aromatic rings. The monoisotopic (exact) mass is 444 g/mol. The lowest BCUT2D eigenvalue weighted by molar-refractivity contribution is -0.0346. The number of carbonyl (C=O) groups is 1. The Bertz CT molecular complexity index is 1150. The van der Waals surface area contributed by atoms with Gasteiger partial charge in [0.1, 0.15) is 11.4 Å². The summed E-state index contributed by atoms with van der Waals surface area (Å²) in [6, 6.07) is 11.9. The second-order valence-corrected chi connectivity index (χ2v) is 7.92. The molecule has 2 aromatic carbocycles. The van der Waals surface area contributed by atoms with Crippen LogP contribution in [0, 0.1) is 5.82 Å². The van der Waals surface area contributed by atoms with Crippen molar-refractivity contribution in [3.8, 4) is 0 Å². The number of ether oxygens (including phenoxy) is 1. The van der Waals surface area contributed by atoms with E-state index in [1.54, 1.807) is 36.4 Å². The SMILES string of the molecule is CC1CN(C(CNC(=O)c2cc(=O)c3ccccc3o2)c2c(F)cccc2Cl)CCO1. The molecule has 1 fully saturated rings. The lowest BCUT2D eigenvalue weighted by Crippen LogP contribution is -2.47. The number of hydrogen-bond donors (Lipinski definition) is 1. The molecule has 2 heterocycles. The first-order chi connectivity index (χ1) is 14.9. The Labute approximate surface area is 183 Å². The average molecular weight is 445 g/mol. The third kappa shape index (κ3) is 4.63. The predicted octanol–water partition coefficient (Wildman–Crippen LogP) is 3.78. The highest BCUT2D eigenvalue weighted by Gasteiger charge is 2.30. The van der Waals surface area contributed by atoms with E-state index in [0.717, 1.165) is 0 Å². The fourth-order valence-corrected chi connectivity index (χ4v) is 4.15. The Kier molecular flexibility index (Phi) is 6.36. The van der Waals surface area contributed by atoms with Gasteiger partial charge < -0.3 is 14.5 Å². The number of halogens is 2. The summed E-state index contributed by atoms with van der Waals surface area (Å²) in [5.41, 5.74) is 0.345. The van der Waals surface area contributed by atoms with Crippen LogP contribution in [0.3, 0.4) is 0 Å². The number of amides is 1. The summed E-state index contributed by atoms with van der Waals surface area (Å²) in [5.74, 6) is -1.10. The summed E-state index contributed by atoms with van der Waals surface area (Å²) in [6.45, 7) is 3.66. The predicted molar refractivity (Wildman–Crippen MR) is 116 cm³/mol. The van der Waals surface area contributed by atoms with Gasteiger partial charge in [0, 0.05) is 36.3 Å². The van der Waals surface area contributed by atoms with E-state index in [2.05, 4.69) is 5.32 Å². The van der Waals surface area contributed by atoms with E-state index < -0.39 is 17.8 Å². The maximum absolute atomic E-state index is 14.7. The van der Waals surface area contributed by atoms with Gasteiger partial charge in [0.15, 0.2) is 11.2 Å². The van der Waals surface area contributed by atoms with Crippen LogP contribution in [0.5, 0.6) is 0 Å². The molecule has 8 heteroatoms. The van der Waals surface area contributed by atoms with Crippen LogP contribution in [0.1, 0.15) is 29.1 Å². The van der Waals surface area contributed by atoms with Gasteiger partial charge in [0.2, 0.25) is 0 Å². The van der Waals surface area contributed by atoms with Crippen molar-refractivity contribution in [2.75, 3.05) is 26.2 Å². The molecule has 2 unspecified atom stereocenters. The number of carbonyl (C=O) groups excluding carboxylic acids is 1. The van der Waals surface area contributed by atoms with Crippen LogP contribution in [0.2, 0.25) is 5.02 Å². The topological polar surface area (TPSA) is 71.8 Å². The Morgan fingerprint density at radius 1 is 1.29 bits per heavy atom. The third-order valence-corrected chi connectivity index (χ3v) is 5.69. The standard InChI is InChI=1S/C23H22ClFN2O4/c1-14-13-27(9-10-30-14)18(22-16(24)6-4-7-17(22)25)12-26-23(29)21-11-19(28)15-5-2-3-8-20(15)31-21/h2-8,11,14,18H,9-10,12-13H2,1H3,(H,26,29). The van der Waals surface area contributed by atoms with Crippen LogP contribution < -0.4 is 10.7 Å². The van der Waals surface area contributed by atoms with Gasteiger partial charge in [-0.05, 0) is 31.2 Å². The molecule has 0 radical (unpaired) electrons. The summed E-state index contributed by atoms with van der Waals surface area (Å²) in [7, 11) is 0.